The van der Waals surface area contributed by atoms with E-state index in [0.717, 1.165) is 27.8 Å². The van der Waals surface area contributed by atoms with Crippen LogP contribution in [-0.2, 0) is 14.3 Å². The second kappa shape index (κ2) is 12.3. The number of nitrogens with one attached hydrogen (secondary N) is 2. The highest BCUT2D eigenvalue weighted by Gasteiger charge is 2.40. The van der Waals surface area contributed by atoms with Gasteiger partial charge in [-0.15, -0.1) is 0 Å². The number of aromatic carboxylic acids is 1. The number of benzene rings is 2. The Balaban J connectivity index is 1.41. The Morgan fingerprint density at radius 1 is 1.18 bits per heavy atom. The quantitative estimate of drug-likeness (QED) is 0.194. The molecule has 1 heterocycles. The third-order valence-corrected chi connectivity index (χ3v) is 6.63. The first-order chi connectivity index (χ1) is 18.7. The van der Waals surface area contributed by atoms with Crippen molar-refractivity contribution in [1.82, 2.24) is 9.78 Å². The molecule has 206 valence electrons. The Bertz CT molecular complexity index is 1370. The standard InChI is InChI=1S/C28H31ClN4O6/c1-4-24(39-23-10-5-16(2)11-17(23)3)38-15-30-20-8-9-21(29)22(12-20)32-27(35)25(26(34)18-6-7-18)33-14-19(13-31-33)28(36)37/h5,8-14,18,24-25,30H,4,6-7,15H2,1-3H3,(H,32,35)(H,36,37). The number of anilines is 2. The third kappa shape index (κ3) is 7.15. The van der Waals surface area contributed by atoms with Crippen LogP contribution in [0.1, 0.15) is 53.7 Å². The molecule has 2 unspecified atom stereocenters. The highest BCUT2D eigenvalue weighted by molar-refractivity contribution is 6.34. The Kier molecular flexibility index (Phi) is 8.88. The molecule has 1 fully saturated rings. The molecule has 2 aromatic carbocycles. The van der Waals surface area contributed by atoms with E-state index < -0.39 is 24.2 Å². The lowest BCUT2D eigenvalue weighted by atomic mass is 10.1. The molecule has 4 rings (SSSR count). The summed E-state index contributed by atoms with van der Waals surface area (Å²) in [5, 5.41) is 19.3. The van der Waals surface area contributed by atoms with Gasteiger partial charge in [-0.1, -0.05) is 36.2 Å². The highest BCUT2D eigenvalue weighted by atomic mass is 35.5. The first kappa shape index (κ1) is 28.1. The Labute approximate surface area is 231 Å². The minimum absolute atomic E-state index is 0.118. The third-order valence-electron chi connectivity index (χ3n) is 6.30. The van der Waals surface area contributed by atoms with Crippen LogP contribution in [0.25, 0.3) is 0 Å². The minimum atomic E-state index is -1.31. The number of ether oxygens (including phenoxy) is 2. The first-order valence-electron chi connectivity index (χ1n) is 12.7. The number of hydrogen-bond acceptors (Lipinski definition) is 7. The van der Waals surface area contributed by atoms with Gasteiger partial charge < -0.3 is 25.2 Å². The molecule has 1 aliphatic rings. The molecule has 10 nitrogen and oxygen atoms in total. The minimum Gasteiger partial charge on any atom is -0.478 e. The van der Waals surface area contributed by atoms with Crippen molar-refractivity contribution in [1.29, 1.82) is 0 Å². The lowest BCUT2D eigenvalue weighted by molar-refractivity contribution is -0.131. The Hall–Kier alpha value is -3.89. The number of carbonyl (C=O) groups is 3. The maximum atomic E-state index is 13.2. The zero-order chi connectivity index (χ0) is 28.1. The summed E-state index contributed by atoms with van der Waals surface area (Å²) in [4.78, 5) is 37.4. The summed E-state index contributed by atoms with van der Waals surface area (Å²) >= 11 is 6.34. The molecule has 39 heavy (non-hydrogen) atoms. The number of ketones is 1. The Morgan fingerprint density at radius 2 is 1.95 bits per heavy atom. The van der Waals surface area contributed by atoms with Crippen LogP contribution in [0.5, 0.6) is 5.75 Å². The summed E-state index contributed by atoms with van der Waals surface area (Å²) < 4.78 is 12.9. The maximum Gasteiger partial charge on any atom is 0.338 e. The number of aromatic nitrogens is 2. The zero-order valence-corrected chi connectivity index (χ0v) is 22.7. The van der Waals surface area contributed by atoms with Gasteiger partial charge in [0.25, 0.3) is 5.91 Å². The molecule has 2 atom stereocenters. The van der Waals surface area contributed by atoms with Crippen molar-refractivity contribution < 1.29 is 29.0 Å². The summed E-state index contributed by atoms with van der Waals surface area (Å²) in [6.07, 6.45) is 3.81. The number of carboxylic acids is 1. The van der Waals surface area contributed by atoms with E-state index in [9.17, 15) is 19.5 Å². The van der Waals surface area contributed by atoms with Gasteiger partial charge in [-0.2, -0.15) is 5.10 Å². The molecule has 11 heteroatoms. The molecule has 1 aromatic heterocycles. The number of amides is 1. The fourth-order valence-corrected chi connectivity index (χ4v) is 4.18. The number of halogens is 1. The van der Waals surface area contributed by atoms with Crippen molar-refractivity contribution in [2.24, 2.45) is 5.92 Å². The molecular weight excluding hydrogens is 524 g/mol. The van der Waals surface area contributed by atoms with E-state index in [1.807, 2.05) is 39.0 Å². The van der Waals surface area contributed by atoms with Crippen molar-refractivity contribution in [2.75, 3.05) is 17.4 Å². The monoisotopic (exact) mass is 554 g/mol. The molecule has 0 aliphatic heterocycles. The van der Waals surface area contributed by atoms with Gasteiger partial charge in [0, 0.05) is 24.2 Å². The second-order valence-electron chi connectivity index (χ2n) is 9.49. The molecular formula is C28H31ClN4O6. The van der Waals surface area contributed by atoms with E-state index in [1.165, 1.54) is 6.20 Å². The van der Waals surface area contributed by atoms with E-state index in [4.69, 9.17) is 21.1 Å². The lowest BCUT2D eigenvalue weighted by Crippen LogP contribution is -2.34. The summed E-state index contributed by atoms with van der Waals surface area (Å²) in [6.45, 7) is 6.10. The number of nitrogens with zero attached hydrogens (tertiary/aromatic N) is 2. The lowest BCUT2D eigenvalue weighted by Gasteiger charge is -2.20. The number of aryl methyl sites for hydroxylation is 2. The van der Waals surface area contributed by atoms with E-state index in [2.05, 4.69) is 15.7 Å². The van der Waals surface area contributed by atoms with Gasteiger partial charge >= 0.3 is 5.97 Å². The van der Waals surface area contributed by atoms with Crippen molar-refractivity contribution in [3.63, 3.8) is 0 Å². The average Bonchev–Trinajstić information content (AvgIpc) is 3.64. The van der Waals surface area contributed by atoms with E-state index in [0.29, 0.717) is 24.9 Å². The van der Waals surface area contributed by atoms with Gasteiger partial charge in [0.05, 0.1) is 22.5 Å². The number of carboxylic acid groups (broad SMARTS) is 1. The predicted octanol–water partition coefficient (Wildman–Crippen LogP) is 5.21. The number of rotatable bonds is 13. The van der Waals surface area contributed by atoms with E-state index in [-0.39, 0.29) is 34.7 Å². The molecule has 3 N–H and O–H groups in total. The number of Topliss-reactive ketones (excluding diaryl/α,β-unsaturated/α-hetero) is 1. The molecule has 0 radical (unpaired) electrons. The van der Waals surface area contributed by atoms with Gasteiger partial charge in [-0.05, 0) is 56.5 Å². The summed E-state index contributed by atoms with van der Waals surface area (Å²) in [6, 6.07) is 9.60. The highest BCUT2D eigenvalue weighted by Crippen LogP contribution is 2.35. The SMILES string of the molecule is CCC(OCNc1ccc(Cl)c(NC(=O)C(C(=O)C2CC2)n2cc(C(=O)O)cn2)c1)Oc1ccc(C)cc1C. The van der Waals surface area contributed by atoms with Crippen LogP contribution in [-0.4, -0.2) is 45.6 Å². The summed E-state index contributed by atoms with van der Waals surface area (Å²) in [5.74, 6) is -1.67. The van der Waals surface area contributed by atoms with Crippen molar-refractivity contribution in [3.8, 4) is 5.75 Å². The van der Waals surface area contributed by atoms with E-state index in [1.54, 1.807) is 18.2 Å². The van der Waals surface area contributed by atoms with E-state index >= 15 is 0 Å². The van der Waals surface area contributed by atoms with Crippen LogP contribution in [0.3, 0.4) is 0 Å². The van der Waals surface area contributed by atoms with Crippen LogP contribution in [0.15, 0.2) is 48.8 Å². The largest absolute Gasteiger partial charge is 0.478 e. The molecule has 0 bridgehead atoms. The normalized spacial score (nSPS) is 14.4. The number of carbonyl (C=O) groups excluding carboxylic acids is 2. The summed E-state index contributed by atoms with van der Waals surface area (Å²) in [5.41, 5.74) is 2.96. The fourth-order valence-electron chi connectivity index (χ4n) is 4.02. The van der Waals surface area contributed by atoms with Crippen LogP contribution >= 0.6 is 11.6 Å². The smallest absolute Gasteiger partial charge is 0.338 e. The van der Waals surface area contributed by atoms with Crippen LogP contribution in [0.4, 0.5) is 11.4 Å². The summed E-state index contributed by atoms with van der Waals surface area (Å²) in [7, 11) is 0. The van der Waals surface area contributed by atoms with Gasteiger partial charge in [0.1, 0.15) is 12.5 Å². The first-order valence-corrected chi connectivity index (χ1v) is 13.0. The van der Waals surface area contributed by atoms with Crippen LogP contribution < -0.4 is 15.4 Å². The van der Waals surface area contributed by atoms with Gasteiger partial charge in [0.15, 0.2) is 11.8 Å². The molecule has 3 aromatic rings. The fraction of sp³-hybridized carbons (Fsp3) is 0.357. The van der Waals surface area contributed by atoms with Gasteiger partial charge in [0.2, 0.25) is 6.29 Å². The van der Waals surface area contributed by atoms with Crippen molar-refractivity contribution in [2.45, 2.75) is 52.4 Å². The van der Waals surface area contributed by atoms with Gasteiger partial charge in [-0.3, -0.25) is 14.3 Å². The Morgan fingerprint density at radius 3 is 2.59 bits per heavy atom. The van der Waals surface area contributed by atoms with Crippen molar-refractivity contribution in [3.05, 3.63) is 70.5 Å². The van der Waals surface area contributed by atoms with Crippen LogP contribution in [0.2, 0.25) is 5.02 Å². The van der Waals surface area contributed by atoms with Crippen molar-refractivity contribution >= 4 is 40.6 Å². The average molecular weight is 555 g/mol. The number of hydrogen-bond donors (Lipinski definition) is 3. The molecule has 1 aliphatic carbocycles. The van der Waals surface area contributed by atoms with Crippen LogP contribution in [0, 0.1) is 19.8 Å². The molecule has 1 amide bonds. The topological polar surface area (TPSA) is 132 Å². The molecule has 0 saturated heterocycles. The zero-order valence-electron chi connectivity index (χ0n) is 21.9. The second-order valence-corrected chi connectivity index (χ2v) is 9.90. The van der Waals surface area contributed by atoms with Gasteiger partial charge in [-0.25, -0.2) is 4.79 Å². The maximum absolute atomic E-state index is 13.2. The molecule has 1 saturated carbocycles. The predicted molar refractivity (Wildman–Crippen MR) is 146 cm³/mol. The molecule has 0 spiro atoms.